The van der Waals surface area contributed by atoms with E-state index in [0.29, 0.717) is 42.0 Å². The summed E-state index contributed by atoms with van der Waals surface area (Å²) in [5, 5.41) is 1.01. The van der Waals surface area contributed by atoms with Crippen LogP contribution in [-0.4, -0.2) is 47.9 Å². The van der Waals surface area contributed by atoms with Crippen LogP contribution in [0.15, 0.2) is 54.6 Å². The van der Waals surface area contributed by atoms with E-state index >= 15 is 0 Å². The van der Waals surface area contributed by atoms with Crippen molar-refractivity contribution in [1.82, 2.24) is 9.80 Å². The van der Waals surface area contributed by atoms with Crippen molar-refractivity contribution in [2.45, 2.75) is 71.9 Å². The molecule has 0 unspecified atom stereocenters. The highest BCUT2D eigenvalue weighted by Gasteiger charge is 2.35. The lowest BCUT2D eigenvalue weighted by atomic mass is 9.91. The Morgan fingerprint density at radius 3 is 2.36 bits per heavy atom. The van der Waals surface area contributed by atoms with Gasteiger partial charge in [-0.2, -0.15) is 0 Å². The predicted octanol–water partition coefficient (Wildman–Crippen LogP) is 7.56. The zero-order chi connectivity index (χ0) is 31.5. The Kier molecular flexibility index (Phi) is 10.1. The van der Waals surface area contributed by atoms with Gasteiger partial charge in [0.15, 0.2) is 0 Å². The number of esters is 1. The summed E-state index contributed by atoms with van der Waals surface area (Å²) in [5.41, 5.74) is 5.08. The zero-order valence-electron chi connectivity index (χ0n) is 25.9. The van der Waals surface area contributed by atoms with Gasteiger partial charge in [0.05, 0.1) is 23.7 Å². The minimum atomic E-state index is -0.359. The van der Waals surface area contributed by atoms with E-state index in [9.17, 15) is 9.59 Å². The van der Waals surface area contributed by atoms with E-state index in [2.05, 4.69) is 37.8 Å². The molecule has 0 bridgehead atoms. The van der Waals surface area contributed by atoms with Gasteiger partial charge in [0.25, 0.3) is 0 Å². The molecule has 3 aromatic rings. The first kappa shape index (κ1) is 32.1. The molecule has 0 saturated carbocycles. The number of benzene rings is 3. The smallest absolute Gasteiger partial charge is 0.323 e. The van der Waals surface area contributed by atoms with Crippen LogP contribution in [0.4, 0.5) is 0 Å². The molecule has 7 nitrogen and oxygen atoms in total. The van der Waals surface area contributed by atoms with Crippen molar-refractivity contribution < 1.29 is 23.8 Å². The molecule has 3 atom stereocenters. The van der Waals surface area contributed by atoms with Crippen molar-refractivity contribution in [2.24, 2.45) is 5.92 Å². The molecule has 0 aliphatic carbocycles. The molecule has 234 valence electrons. The zero-order valence-corrected chi connectivity index (χ0v) is 27.5. The number of amides is 1. The fourth-order valence-electron chi connectivity index (χ4n) is 6.08. The summed E-state index contributed by atoms with van der Waals surface area (Å²) >= 11 is 12.4. The van der Waals surface area contributed by atoms with Gasteiger partial charge in [-0.1, -0.05) is 62.2 Å². The van der Waals surface area contributed by atoms with Crippen LogP contribution in [0.2, 0.25) is 10.0 Å². The van der Waals surface area contributed by atoms with E-state index in [1.54, 1.807) is 13.0 Å². The van der Waals surface area contributed by atoms with Gasteiger partial charge in [0.1, 0.15) is 29.7 Å². The minimum absolute atomic E-state index is 0.0212. The summed E-state index contributed by atoms with van der Waals surface area (Å²) in [6.45, 7) is 10.2. The Labute approximate surface area is 270 Å². The van der Waals surface area contributed by atoms with Crippen molar-refractivity contribution in [3.63, 3.8) is 0 Å². The van der Waals surface area contributed by atoms with Crippen LogP contribution in [0.5, 0.6) is 11.5 Å². The molecule has 2 aliphatic rings. The lowest BCUT2D eigenvalue weighted by molar-refractivity contribution is -0.147. The lowest BCUT2D eigenvalue weighted by Crippen LogP contribution is -2.47. The van der Waals surface area contributed by atoms with E-state index < -0.39 is 0 Å². The average molecular weight is 640 g/mol. The Morgan fingerprint density at radius 2 is 1.73 bits per heavy atom. The molecule has 0 aromatic heterocycles. The molecule has 44 heavy (non-hydrogen) atoms. The fraction of sp³-hybridized carbons (Fsp3) is 0.429. The second-order valence-electron chi connectivity index (χ2n) is 12.1. The molecular formula is C35H40Cl2N2O5. The number of hydrogen-bond acceptors (Lipinski definition) is 6. The first-order chi connectivity index (χ1) is 21.1. The molecule has 0 N–H and O–H groups in total. The highest BCUT2D eigenvalue weighted by atomic mass is 35.5. The second kappa shape index (κ2) is 13.8. The monoisotopic (exact) mass is 638 g/mol. The topological polar surface area (TPSA) is 68.3 Å². The normalized spacial score (nSPS) is 19.0. The van der Waals surface area contributed by atoms with Gasteiger partial charge in [-0.3, -0.25) is 14.5 Å². The number of ether oxygens (including phenoxy) is 3. The highest BCUT2D eigenvalue weighted by Crippen LogP contribution is 2.37. The van der Waals surface area contributed by atoms with Crippen LogP contribution < -0.4 is 9.47 Å². The average Bonchev–Trinajstić information content (AvgIpc) is 3.19. The summed E-state index contributed by atoms with van der Waals surface area (Å²) in [6.07, 6.45) is 0.788. The number of halogens is 2. The van der Waals surface area contributed by atoms with E-state index in [4.69, 9.17) is 37.4 Å². The molecule has 9 heteroatoms. The summed E-state index contributed by atoms with van der Waals surface area (Å²) in [4.78, 5) is 29.4. The van der Waals surface area contributed by atoms with E-state index in [-0.39, 0.29) is 30.1 Å². The number of carbonyl (C=O) groups is 2. The predicted molar refractivity (Wildman–Crippen MR) is 172 cm³/mol. The molecule has 2 heterocycles. The van der Waals surface area contributed by atoms with Crippen molar-refractivity contribution in [2.75, 3.05) is 20.2 Å². The Bertz CT molecular complexity index is 1510. The van der Waals surface area contributed by atoms with Gasteiger partial charge < -0.3 is 19.1 Å². The van der Waals surface area contributed by atoms with Crippen molar-refractivity contribution in [3.8, 4) is 11.5 Å². The molecule has 5 rings (SSSR count). The van der Waals surface area contributed by atoms with Gasteiger partial charge in [0, 0.05) is 32.1 Å². The molecular weight excluding hydrogens is 599 g/mol. The van der Waals surface area contributed by atoms with Gasteiger partial charge in [-0.25, -0.2) is 0 Å². The van der Waals surface area contributed by atoms with Crippen molar-refractivity contribution >= 4 is 35.1 Å². The quantitative estimate of drug-likeness (QED) is 0.237. The van der Waals surface area contributed by atoms with Crippen molar-refractivity contribution in [3.05, 3.63) is 92.5 Å². The van der Waals surface area contributed by atoms with Gasteiger partial charge >= 0.3 is 5.97 Å². The van der Waals surface area contributed by atoms with E-state index in [1.807, 2.05) is 41.3 Å². The highest BCUT2D eigenvalue weighted by molar-refractivity contribution is 6.42. The largest absolute Gasteiger partial charge is 0.486 e. The maximum Gasteiger partial charge on any atom is 0.323 e. The Balaban J connectivity index is 1.40. The van der Waals surface area contributed by atoms with Crippen LogP contribution in [0.3, 0.4) is 0 Å². The summed E-state index contributed by atoms with van der Waals surface area (Å²) in [5.74, 6) is 1.65. The summed E-state index contributed by atoms with van der Waals surface area (Å²) < 4.78 is 18.1. The maximum atomic E-state index is 12.7. The van der Waals surface area contributed by atoms with E-state index in [0.717, 1.165) is 52.3 Å². The number of rotatable bonds is 8. The third-order valence-corrected chi connectivity index (χ3v) is 9.10. The van der Waals surface area contributed by atoms with Gasteiger partial charge in [-0.15, -0.1) is 0 Å². The minimum Gasteiger partial charge on any atom is -0.486 e. The second-order valence-corrected chi connectivity index (χ2v) is 12.9. The third-order valence-electron chi connectivity index (χ3n) is 8.36. The SMILES string of the molecule is CC[C@@H](Oc1ccc([C@H]2CN(C(C)=O)Cc3cc4c(cc3O2)CN(CC(C)C)[C@H](C(=O)OC)C4)cc1)c1ccc(Cl)c(Cl)c1. The molecule has 1 amide bonds. The first-order valence-corrected chi connectivity index (χ1v) is 15.9. The summed E-state index contributed by atoms with van der Waals surface area (Å²) in [7, 11) is 1.44. The molecule has 0 saturated heterocycles. The third kappa shape index (κ3) is 7.17. The molecule has 0 spiro atoms. The molecule has 3 aromatic carbocycles. The van der Waals surface area contributed by atoms with Crippen molar-refractivity contribution in [1.29, 1.82) is 0 Å². The van der Waals surface area contributed by atoms with Crippen LogP contribution in [-0.2, 0) is 33.8 Å². The van der Waals surface area contributed by atoms with Gasteiger partial charge in [0.2, 0.25) is 5.91 Å². The van der Waals surface area contributed by atoms with Crippen LogP contribution in [0.25, 0.3) is 0 Å². The summed E-state index contributed by atoms with van der Waals surface area (Å²) in [6, 6.07) is 17.3. The number of fused-ring (bicyclic) bond motifs is 2. The van der Waals surface area contributed by atoms with Crippen LogP contribution in [0.1, 0.15) is 74.1 Å². The number of methoxy groups -OCH3 is 1. The Morgan fingerprint density at radius 1 is 0.977 bits per heavy atom. The van der Waals surface area contributed by atoms with E-state index in [1.165, 1.54) is 7.11 Å². The lowest BCUT2D eigenvalue weighted by Gasteiger charge is -2.36. The van der Waals surface area contributed by atoms with Crippen LogP contribution >= 0.6 is 23.2 Å². The molecule has 0 radical (unpaired) electrons. The standard InChI is InChI=1S/C35H40Cl2N2O5/c1-6-32(24-9-12-29(36)30(37)14-24)43-28-10-7-23(8-11-28)34-20-38(22(4)40)19-27-13-25-15-31(35(41)42-5)39(17-21(2)3)18-26(25)16-33(27)44-34/h7-14,16,21,31-32,34H,6,15,17-20H2,1-5H3/t31-,32+,34+/m0/s1. The fourth-order valence-corrected chi connectivity index (χ4v) is 6.39. The number of nitrogens with zero attached hydrogens (tertiary/aromatic N) is 2. The Hall–Kier alpha value is -3.26. The molecule has 0 fully saturated rings. The van der Waals surface area contributed by atoms with Crippen LogP contribution in [0, 0.1) is 5.92 Å². The molecule has 2 aliphatic heterocycles. The maximum absolute atomic E-state index is 12.7. The number of hydrogen-bond donors (Lipinski definition) is 0. The van der Waals surface area contributed by atoms with Gasteiger partial charge in [-0.05, 0) is 77.4 Å². The first-order valence-electron chi connectivity index (χ1n) is 15.2. The number of carbonyl (C=O) groups excluding carboxylic acids is 2.